The lowest BCUT2D eigenvalue weighted by molar-refractivity contribution is 0.1000. The van der Waals surface area contributed by atoms with E-state index in [0.29, 0.717) is 11.5 Å². The number of carbonyl (C=O) groups is 1. The van der Waals surface area contributed by atoms with Gasteiger partial charge in [0.2, 0.25) is 5.91 Å². The zero-order chi connectivity index (χ0) is 15.4. The number of nitrogens with one attached hydrogen (secondary N) is 1. The first-order valence-corrected chi connectivity index (χ1v) is 7.21. The van der Waals surface area contributed by atoms with Crippen LogP contribution in [0.1, 0.15) is 46.8 Å². The standard InChI is InChI=1S/C18H22N2O/c1-12(2)15-9-7-14(8-10-15)11-20-17-6-4-5-16(13(17)3)18(19)21/h4-10,12,20H,11H2,1-3H3,(H2,19,21). The van der Waals surface area contributed by atoms with Gasteiger partial charge in [0.1, 0.15) is 0 Å². The van der Waals surface area contributed by atoms with E-state index in [2.05, 4.69) is 43.4 Å². The molecule has 0 aromatic heterocycles. The molecule has 2 aromatic carbocycles. The van der Waals surface area contributed by atoms with Crippen molar-refractivity contribution in [2.75, 3.05) is 5.32 Å². The number of carbonyl (C=O) groups excluding carboxylic acids is 1. The molecular weight excluding hydrogens is 260 g/mol. The summed E-state index contributed by atoms with van der Waals surface area (Å²) in [6.45, 7) is 7.00. The normalized spacial score (nSPS) is 10.7. The van der Waals surface area contributed by atoms with Gasteiger partial charge < -0.3 is 11.1 Å². The summed E-state index contributed by atoms with van der Waals surface area (Å²) in [5.41, 5.74) is 10.3. The highest BCUT2D eigenvalue weighted by molar-refractivity contribution is 5.95. The Morgan fingerprint density at radius 1 is 1.14 bits per heavy atom. The van der Waals surface area contributed by atoms with Crippen molar-refractivity contribution in [3.05, 3.63) is 64.7 Å². The molecule has 0 aliphatic heterocycles. The maximum atomic E-state index is 11.3. The van der Waals surface area contributed by atoms with Gasteiger partial charge >= 0.3 is 0 Å². The molecule has 110 valence electrons. The molecule has 0 fully saturated rings. The SMILES string of the molecule is Cc1c(NCc2ccc(C(C)C)cc2)cccc1C(N)=O. The van der Waals surface area contributed by atoms with Gasteiger partial charge in [-0.15, -0.1) is 0 Å². The van der Waals surface area contributed by atoms with Gasteiger partial charge in [0.15, 0.2) is 0 Å². The number of rotatable bonds is 5. The molecule has 0 bridgehead atoms. The number of amides is 1. The predicted octanol–water partition coefficient (Wildman–Crippen LogP) is 3.83. The molecule has 2 aromatic rings. The maximum Gasteiger partial charge on any atom is 0.249 e. The molecule has 3 N–H and O–H groups in total. The smallest absolute Gasteiger partial charge is 0.249 e. The van der Waals surface area contributed by atoms with Crippen LogP contribution in [0.4, 0.5) is 5.69 Å². The Labute approximate surface area is 126 Å². The first-order chi connectivity index (χ1) is 9.99. The van der Waals surface area contributed by atoms with Crippen molar-refractivity contribution >= 4 is 11.6 Å². The Hall–Kier alpha value is -2.29. The summed E-state index contributed by atoms with van der Waals surface area (Å²) >= 11 is 0. The zero-order valence-corrected chi connectivity index (χ0v) is 12.8. The van der Waals surface area contributed by atoms with Crippen LogP contribution in [-0.4, -0.2) is 5.91 Å². The number of hydrogen-bond donors (Lipinski definition) is 2. The Bertz CT molecular complexity index is 630. The lowest BCUT2D eigenvalue weighted by atomic mass is 10.0. The van der Waals surface area contributed by atoms with Gasteiger partial charge in [-0.1, -0.05) is 44.2 Å². The fraction of sp³-hybridized carbons (Fsp3) is 0.278. The van der Waals surface area contributed by atoms with Crippen LogP contribution in [0.3, 0.4) is 0 Å². The predicted molar refractivity (Wildman–Crippen MR) is 87.6 cm³/mol. The molecule has 0 unspecified atom stereocenters. The van der Waals surface area contributed by atoms with E-state index in [9.17, 15) is 4.79 Å². The van der Waals surface area contributed by atoms with Crippen LogP contribution in [0, 0.1) is 6.92 Å². The maximum absolute atomic E-state index is 11.3. The fourth-order valence-corrected chi connectivity index (χ4v) is 2.31. The minimum atomic E-state index is -0.391. The largest absolute Gasteiger partial charge is 0.381 e. The van der Waals surface area contributed by atoms with Gasteiger partial charge in [0, 0.05) is 17.8 Å². The molecule has 3 nitrogen and oxygen atoms in total. The molecule has 0 radical (unpaired) electrons. The third-order valence-electron chi connectivity index (χ3n) is 3.73. The fourth-order valence-electron chi connectivity index (χ4n) is 2.31. The van der Waals surface area contributed by atoms with Gasteiger partial charge in [0.05, 0.1) is 0 Å². The van der Waals surface area contributed by atoms with Crippen molar-refractivity contribution in [3.63, 3.8) is 0 Å². The average molecular weight is 282 g/mol. The Kier molecular flexibility index (Phi) is 4.63. The summed E-state index contributed by atoms with van der Waals surface area (Å²) < 4.78 is 0. The van der Waals surface area contributed by atoms with E-state index in [1.54, 1.807) is 6.07 Å². The number of nitrogens with two attached hydrogens (primary N) is 1. The molecule has 21 heavy (non-hydrogen) atoms. The van der Waals surface area contributed by atoms with Crippen LogP contribution in [0.25, 0.3) is 0 Å². The van der Waals surface area contributed by atoms with E-state index in [1.807, 2.05) is 19.1 Å². The highest BCUT2D eigenvalue weighted by Gasteiger charge is 2.08. The number of anilines is 1. The summed E-state index contributed by atoms with van der Waals surface area (Å²) in [4.78, 5) is 11.3. The summed E-state index contributed by atoms with van der Waals surface area (Å²) in [6, 6.07) is 14.1. The van der Waals surface area contributed by atoms with E-state index < -0.39 is 5.91 Å². The summed E-state index contributed by atoms with van der Waals surface area (Å²) in [7, 11) is 0. The summed E-state index contributed by atoms with van der Waals surface area (Å²) in [6.07, 6.45) is 0. The molecule has 0 aliphatic carbocycles. The van der Waals surface area contributed by atoms with Crippen molar-refractivity contribution in [3.8, 4) is 0 Å². The molecule has 0 spiro atoms. The van der Waals surface area contributed by atoms with Crippen molar-refractivity contribution in [2.24, 2.45) is 5.73 Å². The van der Waals surface area contributed by atoms with Gasteiger partial charge in [-0.05, 0) is 41.7 Å². The van der Waals surface area contributed by atoms with E-state index in [4.69, 9.17) is 5.73 Å². The monoisotopic (exact) mass is 282 g/mol. The molecule has 3 heteroatoms. The molecule has 0 saturated carbocycles. The van der Waals surface area contributed by atoms with Gasteiger partial charge in [-0.3, -0.25) is 4.79 Å². The number of benzene rings is 2. The van der Waals surface area contributed by atoms with Crippen LogP contribution >= 0.6 is 0 Å². The minimum absolute atomic E-state index is 0.391. The van der Waals surface area contributed by atoms with Crippen LogP contribution in [0.2, 0.25) is 0 Å². The van der Waals surface area contributed by atoms with Crippen molar-refractivity contribution in [1.29, 1.82) is 0 Å². The van der Waals surface area contributed by atoms with Gasteiger partial charge in [0.25, 0.3) is 0 Å². The molecule has 0 heterocycles. The Morgan fingerprint density at radius 3 is 2.38 bits per heavy atom. The Morgan fingerprint density at radius 2 is 1.81 bits per heavy atom. The zero-order valence-electron chi connectivity index (χ0n) is 12.8. The lowest BCUT2D eigenvalue weighted by Gasteiger charge is -2.12. The molecular formula is C18H22N2O. The quantitative estimate of drug-likeness (QED) is 0.875. The molecule has 0 aliphatic rings. The van der Waals surface area contributed by atoms with Crippen molar-refractivity contribution in [1.82, 2.24) is 0 Å². The topological polar surface area (TPSA) is 55.1 Å². The first kappa shape index (κ1) is 15.1. The number of primary amides is 1. The minimum Gasteiger partial charge on any atom is -0.381 e. The van der Waals surface area contributed by atoms with Crippen LogP contribution in [0.5, 0.6) is 0 Å². The lowest BCUT2D eigenvalue weighted by Crippen LogP contribution is -2.13. The molecule has 2 rings (SSSR count). The second kappa shape index (κ2) is 6.44. The second-order valence-electron chi connectivity index (χ2n) is 5.59. The molecule has 1 amide bonds. The third-order valence-corrected chi connectivity index (χ3v) is 3.73. The van der Waals surface area contributed by atoms with Crippen LogP contribution < -0.4 is 11.1 Å². The molecule has 0 saturated heterocycles. The van der Waals surface area contributed by atoms with Crippen molar-refractivity contribution in [2.45, 2.75) is 33.2 Å². The second-order valence-corrected chi connectivity index (χ2v) is 5.59. The van der Waals surface area contributed by atoms with Gasteiger partial charge in [-0.2, -0.15) is 0 Å². The van der Waals surface area contributed by atoms with Crippen LogP contribution in [0.15, 0.2) is 42.5 Å². The van der Waals surface area contributed by atoms with Gasteiger partial charge in [-0.25, -0.2) is 0 Å². The summed E-state index contributed by atoms with van der Waals surface area (Å²) in [5, 5.41) is 3.37. The average Bonchev–Trinajstić information content (AvgIpc) is 2.46. The number of hydrogen-bond acceptors (Lipinski definition) is 2. The van der Waals surface area contributed by atoms with E-state index in [0.717, 1.165) is 17.8 Å². The van der Waals surface area contributed by atoms with E-state index in [1.165, 1.54) is 11.1 Å². The third kappa shape index (κ3) is 3.63. The van der Waals surface area contributed by atoms with E-state index >= 15 is 0 Å². The first-order valence-electron chi connectivity index (χ1n) is 7.21. The Balaban J connectivity index is 2.09. The highest BCUT2D eigenvalue weighted by Crippen LogP contribution is 2.20. The highest BCUT2D eigenvalue weighted by atomic mass is 16.1. The summed E-state index contributed by atoms with van der Waals surface area (Å²) in [5.74, 6) is 0.152. The molecule has 0 atom stereocenters. The van der Waals surface area contributed by atoms with E-state index in [-0.39, 0.29) is 0 Å². The van der Waals surface area contributed by atoms with Crippen molar-refractivity contribution < 1.29 is 4.79 Å². The van der Waals surface area contributed by atoms with Crippen LogP contribution in [-0.2, 0) is 6.54 Å².